The number of carboxylic acid groups (broad SMARTS) is 1. The SMILES string of the molecule is CCCC1(C(=O)O)CCN(CC2Cc3ccccc3S2)C1. The van der Waals surface area contributed by atoms with E-state index < -0.39 is 11.4 Å². The van der Waals surface area contributed by atoms with E-state index in [1.165, 1.54) is 10.5 Å². The summed E-state index contributed by atoms with van der Waals surface area (Å²) in [7, 11) is 0. The van der Waals surface area contributed by atoms with Crippen molar-refractivity contribution in [2.45, 2.75) is 42.8 Å². The Bertz CT molecular complexity index is 508. The Morgan fingerprint density at radius 2 is 2.29 bits per heavy atom. The molecule has 3 rings (SSSR count). The highest BCUT2D eigenvalue weighted by Crippen LogP contribution is 2.40. The molecule has 3 nitrogen and oxygen atoms in total. The molecule has 2 unspecified atom stereocenters. The Hall–Kier alpha value is -1.00. The number of hydrogen-bond donors (Lipinski definition) is 1. The maximum Gasteiger partial charge on any atom is 0.310 e. The molecule has 1 fully saturated rings. The Morgan fingerprint density at radius 3 is 3.00 bits per heavy atom. The van der Waals surface area contributed by atoms with Gasteiger partial charge >= 0.3 is 5.97 Å². The summed E-state index contributed by atoms with van der Waals surface area (Å²) in [5.74, 6) is -0.603. The van der Waals surface area contributed by atoms with Crippen LogP contribution in [0.1, 0.15) is 31.7 Å². The lowest BCUT2D eigenvalue weighted by atomic mass is 9.83. The highest BCUT2D eigenvalue weighted by atomic mass is 32.2. The first-order valence-corrected chi connectivity index (χ1v) is 8.71. The number of likely N-dealkylation sites (tertiary alicyclic amines) is 1. The molecule has 0 saturated carbocycles. The molecule has 2 aliphatic rings. The topological polar surface area (TPSA) is 40.5 Å². The van der Waals surface area contributed by atoms with Gasteiger partial charge in [0.15, 0.2) is 0 Å². The minimum absolute atomic E-state index is 0.495. The lowest BCUT2D eigenvalue weighted by molar-refractivity contribution is -0.148. The van der Waals surface area contributed by atoms with Gasteiger partial charge in [-0.25, -0.2) is 0 Å². The fourth-order valence-electron chi connectivity index (χ4n) is 3.72. The second-order valence-electron chi connectivity index (χ2n) is 6.37. The van der Waals surface area contributed by atoms with Crippen LogP contribution in [-0.4, -0.2) is 40.9 Å². The molecule has 0 bridgehead atoms. The molecule has 1 saturated heterocycles. The van der Waals surface area contributed by atoms with E-state index in [-0.39, 0.29) is 0 Å². The van der Waals surface area contributed by atoms with Crippen LogP contribution in [-0.2, 0) is 11.2 Å². The zero-order valence-electron chi connectivity index (χ0n) is 12.5. The van der Waals surface area contributed by atoms with E-state index in [9.17, 15) is 9.90 Å². The molecule has 1 aromatic carbocycles. The molecule has 0 radical (unpaired) electrons. The Labute approximate surface area is 130 Å². The minimum atomic E-state index is -0.603. The van der Waals surface area contributed by atoms with Gasteiger partial charge in [-0.3, -0.25) is 4.79 Å². The van der Waals surface area contributed by atoms with Crippen LogP contribution < -0.4 is 0 Å². The third-order valence-corrected chi connectivity index (χ3v) is 6.09. The fraction of sp³-hybridized carbons (Fsp3) is 0.588. The summed E-state index contributed by atoms with van der Waals surface area (Å²) in [6.45, 7) is 4.75. The average molecular weight is 305 g/mol. The summed E-state index contributed by atoms with van der Waals surface area (Å²) in [5, 5.41) is 10.2. The van der Waals surface area contributed by atoms with Crippen LogP contribution >= 0.6 is 11.8 Å². The maximum absolute atomic E-state index is 11.6. The van der Waals surface area contributed by atoms with Crippen molar-refractivity contribution in [1.29, 1.82) is 0 Å². The maximum atomic E-state index is 11.6. The Balaban J connectivity index is 1.60. The first-order chi connectivity index (χ1) is 10.1. The van der Waals surface area contributed by atoms with E-state index in [4.69, 9.17) is 0 Å². The van der Waals surface area contributed by atoms with E-state index in [1.807, 2.05) is 11.8 Å². The molecule has 0 spiro atoms. The lowest BCUT2D eigenvalue weighted by Gasteiger charge is -2.25. The molecule has 4 heteroatoms. The van der Waals surface area contributed by atoms with Gasteiger partial charge in [0.1, 0.15) is 0 Å². The summed E-state index contributed by atoms with van der Waals surface area (Å²) in [6.07, 6.45) is 3.67. The van der Waals surface area contributed by atoms with Crippen molar-refractivity contribution < 1.29 is 9.90 Å². The summed E-state index contributed by atoms with van der Waals surface area (Å²) in [6, 6.07) is 8.61. The molecule has 2 atom stereocenters. The average Bonchev–Trinajstić information content (AvgIpc) is 3.04. The number of hydrogen-bond acceptors (Lipinski definition) is 3. The van der Waals surface area contributed by atoms with E-state index >= 15 is 0 Å². The van der Waals surface area contributed by atoms with Gasteiger partial charge in [-0.05, 0) is 37.4 Å². The van der Waals surface area contributed by atoms with Crippen LogP contribution in [0.3, 0.4) is 0 Å². The van der Waals surface area contributed by atoms with E-state index in [1.54, 1.807) is 0 Å². The molecule has 0 aliphatic carbocycles. The number of benzene rings is 1. The molecule has 114 valence electrons. The first kappa shape index (κ1) is 14.9. The highest BCUT2D eigenvalue weighted by molar-refractivity contribution is 8.00. The lowest BCUT2D eigenvalue weighted by Crippen LogP contribution is -2.36. The summed E-state index contributed by atoms with van der Waals surface area (Å²) in [5.41, 5.74) is 0.954. The number of nitrogens with zero attached hydrogens (tertiary/aromatic N) is 1. The minimum Gasteiger partial charge on any atom is -0.481 e. The number of fused-ring (bicyclic) bond motifs is 1. The standard InChI is InChI=1S/C17H23NO2S/c1-2-7-17(16(19)20)8-9-18(12-17)11-14-10-13-5-3-4-6-15(13)21-14/h3-6,14H,2,7-12H2,1H3,(H,19,20). The second kappa shape index (κ2) is 6.01. The fourth-order valence-corrected chi connectivity index (χ4v) is 5.09. The largest absolute Gasteiger partial charge is 0.481 e. The number of thioether (sulfide) groups is 1. The van der Waals surface area contributed by atoms with E-state index in [0.717, 1.165) is 45.3 Å². The van der Waals surface area contributed by atoms with Crippen LogP contribution in [0.2, 0.25) is 0 Å². The summed E-state index contributed by atoms with van der Waals surface area (Å²) in [4.78, 5) is 15.4. The Kier molecular flexibility index (Phi) is 4.27. The number of carbonyl (C=O) groups is 1. The molecular formula is C17H23NO2S. The van der Waals surface area contributed by atoms with Crippen molar-refractivity contribution in [3.05, 3.63) is 29.8 Å². The number of carboxylic acids is 1. The van der Waals surface area contributed by atoms with Crippen molar-refractivity contribution in [3.63, 3.8) is 0 Å². The first-order valence-electron chi connectivity index (χ1n) is 7.83. The molecular weight excluding hydrogens is 282 g/mol. The van der Waals surface area contributed by atoms with Crippen LogP contribution in [0.25, 0.3) is 0 Å². The van der Waals surface area contributed by atoms with Gasteiger partial charge in [0.2, 0.25) is 0 Å². The van der Waals surface area contributed by atoms with Gasteiger partial charge in [0, 0.05) is 23.2 Å². The molecule has 2 aliphatic heterocycles. The van der Waals surface area contributed by atoms with Crippen molar-refractivity contribution >= 4 is 17.7 Å². The predicted octanol–water partition coefficient (Wildman–Crippen LogP) is 3.28. The van der Waals surface area contributed by atoms with Crippen LogP contribution in [0.4, 0.5) is 0 Å². The van der Waals surface area contributed by atoms with Crippen molar-refractivity contribution in [3.8, 4) is 0 Å². The van der Waals surface area contributed by atoms with Gasteiger partial charge in [0.05, 0.1) is 5.41 Å². The van der Waals surface area contributed by atoms with Gasteiger partial charge in [-0.2, -0.15) is 0 Å². The van der Waals surface area contributed by atoms with Crippen molar-refractivity contribution in [1.82, 2.24) is 4.90 Å². The second-order valence-corrected chi connectivity index (χ2v) is 7.71. The molecule has 1 aromatic rings. The highest BCUT2D eigenvalue weighted by Gasteiger charge is 2.44. The quantitative estimate of drug-likeness (QED) is 0.906. The van der Waals surface area contributed by atoms with Crippen LogP contribution in [0.5, 0.6) is 0 Å². The smallest absolute Gasteiger partial charge is 0.310 e. The van der Waals surface area contributed by atoms with Gasteiger partial charge < -0.3 is 10.0 Å². The Morgan fingerprint density at radius 1 is 1.48 bits per heavy atom. The third-order valence-electron chi connectivity index (χ3n) is 4.79. The monoisotopic (exact) mass is 305 g/mol. The van der Waals surface area contributed by atoms with Gasteiger partial charge in [-0.15, -0.1) is 11.8 Å². The number of aliphatic carboxylic acids is 1. The summed E-state index contributed by atoms with van der Waals surface area (Å²) >= 11 is 1.96. The zero-order chi connectivity index (χ0) is 14.9. The molecule has 0 aromatic heterocycles. The molecule has 2 heterocycles. The summed E-state index contributed by atoms with van der Waals surface area (Å²) < 4.78 is 0. The predicted molar refractivity (Wildman–Crippen MR) is 85.8 cm³/mol. The van der Waals surface area contributed by atoms with Crippen LogP contribution in [0.15, 0.2) is 29.2 Å². The number of rotatable bonds is 5. The van der Waals surface area contributed by atoms with Gasteiger partial charge in [-0.1, -0.05) is 31.5 Å². The molecule has 0 amide bonds. The van der Waals surface area contributed by atoms with E-state index in [2.05, 4.69) is 36.1 Å². The van der Waals surface area contributed by atoms with Crippen LogP contribution in [0, 0.1) is 5.41 Å². The molecule has 1 N–H and O–H groups in total. The van der Waals surface area contributed by atoms with Crippen molar-refractivity contribution in [2.75, 3.05) is 19.6 Å². The molecule has 21 heavy (non-hydrogen) atoms. The zero-order valence-corrected chi connectivity index (χ0v) is 13.4. The van der Waals surface area contributed by atoms with Crippen molar-refractivity contribution in [2.24, 2.45) is 5.41 Å². The van der Waals surface area contributed by atoms with E-state index in [0.29, 0.717) is 5.25 Å². The normalized spacial score (nSPS) is 28.7. The van der Waals surface area contributed by atoms with Gasteiger partial charge in [0.25, 0.3) is 0 Å². The third kappa shape index (κ3) is 2.97.